The van der Waals surface area contributed by atoms with Crippen molar-refractivity contribution >= 4 is 10.0 Å². The number of benzene rings is 1. The Morgan fingerprint density at radius 3 is 2.50 bits per heavy atom. The van der Waals surface area contributed by atoms with Gasteiger partial charge in [0.25, 0.3) is 0 Å². The lowest BCUT2D eigenvalue weighted by Crippen LogP contribution is -2.33. The molecule has 0 bridgehead atoms. The van der Waals surface area contributed by atoms with Crippen LogP contribution in [0.2, 0.25) is 0 Å². The van der Waals surface area contributed by atoms with Gasteiger partial charge >= 0.3 is 0 Å². The topological polar surface area (TPSA) is 75.6 Å². The lowest BCUT2D eigenvalue weighted by atomic mass is 10.1. The lowest BCUT2D eigenvalue weighted by molar-refractivity contribution is 0.228. The molecule has 0 heterocycles. The molecule has 1 fully saturated rings. The van der Waals surface area contributed by atoms with E-state index < -0.39 is 10.0 Å². The van der Waals surface area contributed by atoms with Crippen LogP contribution in [-0.2, 0) is 10.0 Å². The van der Waals surface area contributed by atoms with Gasteiger partial charge in [-0.25, -0.2) is 13.1 Å². The Labute approximate surface area is 132 Å². The molecule has 1 aromatic carbocycles. The summed E-state index contributed by atoms with van der Waals surface area (Å²) in [7, 11) is -3.51. The molecule has 1 aromatic rings. The summed E-state index contributed by atoms with van der Waals surface area (Å²) in [6.07, 6.45) is 2.34. The second-order valence-corrected chi connectivity index (χ2v) is 8.07. The summed E-state index contributed by atoms with van der Waals surface area (Å²) in [5.41, 5.74) is 0. The highest BCUT2D eigenvalue weighted by Crippen LogP contribution is 2.26. The Hall–Kier alpha value is -1.11. The number of aliphatic hydroxyl groups is 1. The van der Waals surface area contributed by atoms with Gasteiger partial charge in [0, 0.05) is 12.6 Å². The molecule has 0 unspecified atom stereocenters. The van der Waals surface area contributed by atoms with E-state index in [9.17, 15) is 8.42 Å². The van der Waals surface area contributed by atoms with Gasteiger partial charge in [-0.3, -0.25) is 0 Å². The van der Waals surface area contributed by atoms with Crippen molar-refractivity contribution in [2.45, 2.75) is 44.0 Å². The second-order valence-electron chi connectivity index (χ2n) is 6.36. The minimum absolute atomic E-state index is 0.0842. The van der Waals surface area contributed by atoms with Crippen LogP contribution in [0.4, 0.5) is 0 Å². The van der Waals surface area contributed by atoms with Crippen LogP contribution in [0.1, 0.15) is 33.1 Å². The second kappa shape index (κ2) is 7.44. The molecule has 0 aliphatic heterocycles. The third-order valence-corrected chi connectivity index (χ3v) is 5.38. The van der Waals surface area contributed by atoms with Crippen LogP contribution < -0.4 is 9.46 Å². The number of nitrogens with one attached hydrogen (secondary N) is 1. The number of hydrogen-bond donors (Lipinski definition) is 2. The van der Waals surface area contributed by atoms with Gasteiger partial charge in [-0.1, -0.05) is 13.8 Å². The van der Waals surface area contributed by atoms with Gasteiger partial charge in [0.1, 0.15) is 5.75 Å². The quantitative estimate of drug-likeness (QED) is 0.805. The van der Waals surface area contributed by atoms with Crippen LogP contribution in [0.25, 0.3) is 0 Å². The molecular formula is C16H25NO4S. The summed E-state index contributed by atoms with van der Waals surface area (Å²) < 4.78 is 33.0. The van der Waals surface area contributed by atoms with Gasteiger partial charge in [-0.05, 0) is 55.4 Å². The molecule has 2 rings (SSSR count). The molecule has 6 heteroatoms. The van der Waals surface area contributed by atoms with E-state index in [1.807, 2.05) is 0 Å². The summed E-state index contributed by atoms with van der Waals surface area (Å²) in [6.45, 7) is 4.85. The number of ether oxygens (including phenoxy) is 1. The highest BCUT2D eigenvalue weighted by molar-refractivity contribution is 7.89. The van der Waals surface area contributed by atoms with Crippen molar-refractivity contribution in [2.24, 2.45) is 11.8 Å². The highest BCUT2D eigenvalue weighted by atomic mass is 32.2. The first-order chi connectivity index (χ1) is 10.4. The molecule has 5 nitrogen and oxygen atoms in total. The van der Waals surface area contributed by atoms with Gasteiger partial charge in [-0.2, -0.15) is 0 Å². The average Bonchev–Trinajstić information content (AvgIpc) is 2.92. The van der Waals surface area contributed by atoms with Crippen LogP contribution in [0.5, 0.6) is 5.75 Å². The van der Waals surface area contributed by atoms with E-state index >= 15 is 0 Å². The molecule has 0 aromatic heterocycles. The van der Waals surface area contributed by atoms with Gasteiger partial charge in [0.05, 0.1) is 11.5 Å². The first-order valence-corrected chi connectivity index (χ1v) is 9.25. The Bertz CT molecular complexity index is 568. The van der Waals surface area contributed by atoms with E-state index in [1.165, 1.54) is 0 Å². The first-order valence-electron chi connectivity index (χ1n) is 7.76. The molecule has 124 valence electrons. The normalized spacial score (nSPS) is 22.2. The zero-order valence-electron chi connectivity index (χ0n) is 13.2. The smallest absolute Gasteiger partial charge is 0.240 e. The van der Waals surface area contributed by atoms with Crippen molar-refractivity contribution in [3.63, 3.8) is 0 Å². The first kappa shape index (κ1) is 17.2. The summed E-state index contributed by atoms with van der Waals surface area (Å²) in [4.78, 5) is 0.247. The Morgan fingerprint density at radius 2 is 1.95 bits per heavy atom. The minimum Gasteiger partial charge on any atom is -0.493 e. The maximum atomic E-state index is 12.3. The molecule has 2 atom stereocenters. The number of aliphatic hydroxyl groups excluding tert-OH is 1. The number of hydrogen-bond acceptors (Lipinski definition) is 4. The molecule has 1 aliphatic carbocycles. The molecular weight excluding hydrogens is 302 g/mol. The van der Waals surface area contributed by atoms with Gasteiger partial charge in [0.2, 0.25) is 10.0 Å². The standard InChI is InChI=1S/C16H25NO4S/c1-12(2)11-21-15-5-7-16(8-6-15)22(19,20)17-14-4-3-13(9-14)10-18/h5-8,12-14,17-18H,3-4,9-11H2,1-2H3/t13-,14+/m1/s1. The van der Waals surface area contributed by atoms with Crippen molar-refractivity contribution < 1.29 is 18.3 Å². The van der Waals surface area contributed by atoms with E-state index in [0.29, 0.717) is 24.7 Å². The fraction of sp³-hybridized carbons (Fsp3) is 0.625. The monoisotopic (exact) mass is 327 g/mol. The van der Waals surface area contributed by atoms with Crippen LogP contribution in [0.3, 0.4) is 0 Å². The van der Waals surface area contributed by atoms with Crippen LogP contribution in [0, 0.1) is 11.8 Å². The Balaban J connectivity index is 1.97. The summed E-state index contributed by atoms with van der Waals surface area (Å²) >= 11 is 0. The van der Waals surface area contributed by atoms with E-state index in [-0.39, 0.29) is 23.5 Å². The Morgan fingerprint density at radius 1 is 1.27 bits per heavy atom. The minimum atomic E-state index is -3.51. The van der Waals surface area contributed by atoms with Crippen molar-refractivity contribution in [2.75, 3.05) is 13.2 Å². The predicted octanol–water partition coefficient (Wildman–Crippen LogP) is 2.16. The molecule has 0 amide bonds. The molecule has 22 heavy (non-hydrogen) atoms. The van der Waals surface area contributed by atoms with Crippen molar-refractivity contribution in [1.29, 1.82) is 0 Å². The molecule has 0 spiro atoms. The van der Waals surface area contributed by atoms with E-state index in [1.54, 1.807) is 24.3 Å². The van der Waals surface area contributed by atoms with Crippen molar-refractivity contribution in [3.8, 4) is 5.75 Å². The highest BCUT2D eigenvalue weighted by Gasteiger charge is 2.28. The molecule has 2 N–H and O–H groups in total. The third kappa shape index (κ3) is 4.69. The predicted molar refractivity (Wildman–Crippen MR) is 85.3 cm³/mol. The maximum Gasteiger partial charge on any atom is 0.240 e. The molecule has 0 saturated heterocycles. The van der Waals surface area contributed by atoms with Crippen LogP contribution >= 0.6 is 0 Å². The van der Waals surface area contributed by atoms with Crippen LogP contribution in [0.15, 0.2) is 29.2 Å². The van der Waals surface area contributed by atoms with E-state index in [0.717, 1.165) is 12.8 Å². The fourth-order valence-corrected chi connectivity index (χ4v) is 3.90. The van der Waals surface area contributed by atoms with Gasteiger partial charge in [-0.15, -0.1) is 0 Å². The summed E-state index contributed by atoms with van der Waals surface area (Å²) in [5.74, 6) is 1.31. The molecule has 1 aliphatic rings. The van der Waals surface area contributed by atoms with E-state index in [2.05, 4.69) is 18.6 Å². The maximum absolute atomic E-state index is 12.3. The summed E-state index contributed by atoms with van der Waals surface area (Å²) in [6, 6.07) is 6.41. The fourth-order valence-electron chi connectivity index (χ4n) is 2.61. The zero-order chi connectivity index (χ0) is 16.2. The molecule has 0 radical (unpaired) electrons. The zero-order valence-corrected chi connectivity index (χ0v) is 14.0. The molecule has 1 saturated carbocycles. The average molecular weight is 327 g/mol. The summed E-state index contributed by atoms with van der Waals surface area (Å²) in [5, 5.41) is 9.13. The van der Waals surface area contributed by atoms with Crippen molar-refractivity contribution in [3.05, 3.63) is 24.3 Å². The number of rotatable bonds is 7. The van der Waals surface area contributed by atoms with Gasteiger partial charge < -0.3 is 9.84 Å². The van der Waals surface area contributed by atoms with E-state index in [4.69, 9.17) is 9.84 Å². The largest absolute Gasteiger partial charge is 0.493 e. The van der Waals surface area contributed by atoms with Gasteiger partial charge in [0.15, 0.2) is 0 Å². The SMILES string of the molecule is CC(C)COc1ccc(S(=O)(=O)N[C@H]2CC[C@@H](CO)C2)cc1. The van der Waals surface area contributed by atoms with Crippen LogP contribution in [-0.4, -0.2) is 32.8 Å². The Kier molecular flexibility index (Phi) is 5.83. The lowest BCUT2D eigenvalue weighted by Gasteiger charge is -2.14. The third-order valence-electron chi connectivity index (χ3n) is 3.84. The van der Waals surface area contributed by atoms with Crippen molar-refractivity contribution in [1.82, 2.24) is 4.72 Å². The number of sulfonamides is 1.